The van der Waals surface area contributed by atoms with Gasteiger partial charge in [0.2, 0.25) is 23.5 Å². The van der Waals surface area contributed by atoms with Crippen molar-refractivity contribution >= 4 is 46.7 Å². The van der Waals surface area contributed by atoms with Crippen LogP contribution >= 0.6 is 11.6 Å². The van der Waals surface area contributed by atoms with Gasteiger partial charge >= 0.3 is 0 Å². The van der Waals surface area contributed by atoms with Crippen LogP contribution in [-0.4, -0.2) is 81.3 Å². The summed E-state index contributed by atoms with van der Waals surface area (Å²) in [4.78, 5) is 79.2. The zero-order valence-corrected chi connectivity index (χ0v) is 29.2. The predicted octanol–water partition coefficient (Wildman–Crippen LogP) is 3.50. The number of hydrogen-bond acceptors (Lipinski definition) is 8. The van der Waals surface area contributed by atoms with Gasteiger partial charge in [-0.2, -0.15) is 0 Å². The zero-order valence-electron chi connectivity index (χ0n) is 28.5. The molecule has 1 spiro atoms. The lowest BCUT2D eigenvalue weighted by atomic mass is 9.85. The van der Waals surface area contributed by atoms with E-state index >= 15 is 0 Å². The number of carbonyl (C=O) groups is 5. The first kappa shape index (κ1) is 36.0. The minimum absolute atomic E-state index is 0.0145. The SMILES string of the molecule is CCC[C@H](NC(=O)[C@@H]1C[C@]2(CC(c3cccc(Cl)c3)=NO2)CN1C(=O)[C@@H](NC(=O)CCc1cccnc1)C(C)(C)C)C(=O)C(=O)NC1CC1. The molecule has 2 aromatic rings. The molecule has 2 fully saturated rings. The Balaban J connectivity index is 1.38. The normalized spacial score (nSPS) is 21.4. The Kier molecular flexibility index (Phi) is 11.1. The van der Waals surface area contributed by atoms with Crippen molar-refractivity contribution in [3.63, 3.8) is 0 Å². The molecule has 3 aliphatic rings. The summed E-state index contributed by atoms with van der Waals surface area (Å²) in [6.45, 7) is 7.41. The highest BCUT2D eigenvalue weighted by Gasteiger charge is 2.55. The van der Waals surface area contributed by atoms with Crippen LogP contribution in [0.4, 0.5) is 0 Å². The molecule has 12 nitrogen and oxygen atoms in total. The van der Waals surface area contributed by atoms with Crippen LogP contribution in [-0.2, 0) is 35.2 Å². The molecule has 0 unspecified atom stereocenters. The second kappa shape index (κ2) is 15.1. The molecule has 1 aromatic heterocycles. The number of hydrogen-bond donors (Lipinski definition) is 3. The van der Waals surface area contributed by atoms with Crippen molar-refractivity contribution in [3.05, 3.63) is 64.9 Å². The topological polar surface area (TPSA) is 159 Å². The summed E-state index contributed by atoms with van der Waals surface area (Å²) in [7, 11) is 0. The first-order valence-electron chi connectivity index (χ1n) is 16.9. The van der Waals surface area contributed by atoms with Crippen molar-refractivity contribution in [3.8, 4) is 0 Å². The van der Waals surface area contributed by atoms with Crippen molar-refractivity contribution in [2.45, 2.75) is 109 Å². The first-order chi connectivity index (χ1) is 23.3. The molecule has 13 heteroatoms. The average Bonchev–Trinajstić information content (AvgIpc) is 3.66. The molecule has 4 amide bonds. The van der Waals surface area contributed by atoms with Crippen LogP contribution in [0.1, 0.15) is 83.8 Å². The number of aromatic nitrogens is 1. The van der Waals surface area contributed by atoms with Gasteiger partial charge in [0.25, 0.3) is 5.91 Å². The van der Waals surface area contributed by atoms with Gasteiger partial charge in [0.15, 0.2) is 5.60 Å². The summed E-state index contributed by atoms with van der Waals surface area (Å²) >= 11 is 6.24. The van der Waals surface area contributed by atoms with E-state index in [1.54, 1.807) is 36.7 Å². The van der Waals surface area contributed by atoms with Crippen LogP contribution in [0.25, 0.3) is 0 Å². The van der Waals surface area contributed by atoms with Crippen LogP contribution in [0.5, 0.6) is 0 Å². The van der Waals surface area contributed by atoms with E-state index in [4.69, 9.17) is 16.4 Å². The molecular weight excluding hydrogens is 648 g/mol. The van der Waals surface area contributed by atoms with Crippen molar-refractivity contribution in [1.82, 2.24) is 25.8 Å². The molecule has 1 aromatic carbocycles. The highest BCUT2D eigenvalue weighted by atomic mass is 35.5. The maximum Gasteiger partial charge on any atom is 0.289 e. The number of aryl methyl sites for hydroxylation is 1. The molecule has 1 saturated carbocycles. The van der Waals surface area contributed by atoms with Crippen LogP contribution in [0.3, 0.4) is 0 Å². The van der Waals surface area contributed by atoms with Gasteiger partial charge in [-0.3, -0.25) is 29.0 Å². The third kappa shape index (κ3) is 9.03. The average molecular weight is 693 g/mol. The highest BCUT2D eigenvalue weighted by Crippen LogP contribution is 2.40. The fourth-order valence-electron chi connectivity index (χ4n) is 6.27. The molecule has 4 atom stereocenters. The number of carbonyl (C=O) groups excluding carboxylic acids is 5. The lowest BCUT2D eigenvalue weighted by Crippen LogP contribution is -2.59. The Morgan fingerprint density at radius 1 is 1.10 bits per heavy atom. The Bertz CT molecular complexity index is 1610. The summed E-state index contributed by atoms with van der Waals surface area (Å²) < 4.78 is 0. The van der Waals surface area contributed by atoms with Crippen molar-refractivity contribution < 1.29 is 28.8 Å². The van der Waals surface area contributed by atoms with E-state index in [0.29, 0.717) is 30.0 Å². The lowest BCUT2D eigenvalue weighted by Gasteiger charge is -2.35. The second-order valence-electron chi connectivity index (χ2n) is 14.4. The van der Waals surface area contributed by atoms with Crippen LogP contribution in [0, 0.1) is 5.41 Å². The minimum Gasteiger partial charge on any atom is -0.387 e. The van der Waals surface area contributed by atoms with Gasteiger partial charge in [-0.25, -0.2) is 0 Å². The molecule has 1 saturated heterocycles. The van der Waals surface area contributed by atoms with Crippen molar-refractivity contribution in [2.75, 3.05) is 6.54 Å². The molecule has 49 heavy (non-hydrogen) atoms. The Morgan fingerprint density at radius 2 is 1.88 bits per heavy atom. The Labute approximate surface area is 291 Å². The standard InChI is InChI=1S/C36H45ClN6O6/c1-5-8-26(30(45)33(47)39-25-13-14-25)40-32(46)28-19-36(18-27(42-49-36)23-10-6-11-24(37)17-23)21-43(28)34(48)31(35(2,3)4)41-29(44)15-12-22-9-7-16-38-20-22/h6-7,9-11,16-17,20,25-26,28,31H,5,8,12-15,18-19,21H2,1-4H3,(H,39,47)(H,40,46)(H,41,44)/t26-,28-,31+,36+/m0/s1. The number of amides is 4. The molecule has 0 bridgehead atoms. The van der Waals surface area contributed by atoms with Crippen LogP contribution < -0.4 is 16.0 Å². The number of halogens is 1. The fourth-order valence-corrected chi connectivity index (χ4v) is 6.46. The summed E-state index contributed by atoms with van der Waals surface area (Å²) in [5.41, 5.74) is 0.528. The summed E-state index contributed by atoms with van der Waals surface area (Å²) in [6, 6.07) is 7.77. The van der Waals surface area contributed by atoms with Crippen molar-refractivity contribution in [1.29, 1.82) is 0 Å². The largest absolute Gasteiger partial charge is 0.387 e. The fraction of sp³-hybridized carbons (Fsp3) is 0.528. The first-order valence-corrected chi connectivity index (χ1v) is 17.3. The lowest BCUT2D eigenvalue weighted by molar-refractivity contribution is -0.145. The van der Waals surface area contributed by atoms with E-state index in [1.807, 2.05) is 39.8 Å². The third-order valence-corrected chi connectivity index (χ3v) is 9.35. The van der Waals surface area contributed by atoms with E-state index in [0.717, 1.165) is 24.0 Å². The quantitative estimate of drug-likeness (QED) is 0.271. The number of Topliss-reactive ketones (excluding diaryl/α,β-unsaturated/α-hetero) is 1. The molecule has 5 rings (SSSR count). The maximum atomic E-state index is 14.5. The summed E-state index contributed by atoms with van der Waals surface area (Å²) in [6.07, 6.45) is 6.77. The van der Waals surface area contributed by atoms with E-state index < -0.39 is 52.6 Å². The molecule has 2 aliphatic heterocycles. The summed E-state index contributed by atoms with van der Waals surface area (Å²) in [5, 5.41) is 13.3. The van der Waals surface area contributed by atoms with E-state index in [9.17, 15) is 24.0 Å². The van der Waals surface area contributed by atoms with Gasteiger partial charge in [-0.05, 0) is 54.9 Å². The molecule has 1 aliphatic carbocycles. The number of oxime groups is 1. The van der Waals surface area contributed by atoms with Gasteiger partial charge in [0.05, 0.1) is 18.3 Å². The number of likely N-dealkylation sites (tertiary alicyclic amines) is 1. The van der Waals surface area contributed by atoms with E-state index in [-0.39, 0.29) is 37.8 Å². The van der Waals surface area contributed by atoms with Gasteiger partial charge in [-0.1, -0.05) is 69.1 Å². The number of pyridine rings is 1. The Morgan fingerprint density at radius 3 is 2.53 bits per heavy atom. The Hall–Kier alpha value is -4.32. The van der Waals surface area contributed by atoms with Gasteiger partial charge in [0, 0.05) is 48.3 Å². The highest BCUT2D eigenvalue weighted by molar-refractivity contribution is 6.38. The van der Waals surface area contributed by atoms with Crippen LogP contribution in [0.15, 0.2) is 53.9 Å². The molecular formula is C36H45ClN6O6. The summed E-state index contributed by atoms with van der Waals surface area (Å²) in [5.74, 6) is -2.79. The van der Waals surface area contributed by atoms with Gasteiger partial charge in [0.1, 0.15) is 12.1 Å². The molecule has 3 heterocycles. The van der Waals surface area contributed by atoms with Crippen molar-refractivity contribution in [2.24, 2.45) is 10.6 Å². The number of nitrogens with one attached hydrogen (secondary N) is 3. The number of nitrogens with zero attached hydrogens (tertiary/aromatic N) is 3. The zero-order chi connectivity index (χ0) is 35.3. The number of rotatable bonds is 13. The monoisotopic (exact) mass is 692 g/mol. The van der Waals surface area contributed by atoms with Gasteiger partial charge in [-0.15, -0.1) is 0 Å². The molecule has 262 valence electrons. The predicted molar refractivity (Wildman–Crippen MR) is 183 cm³/mol. The maximum absolute atomic E-state index is 14.5. The van der Waals surface area contributed by atoms with E-state index in [1.165, 1.54) is 4.90 Å². The van der Waals surface area contributed by atoms with Crippen LogP contribution in [0.2, 0.25) is 5.02 Å². The second-order valence-corrected chi connectivity index (χ2v) is 14.8. The number of ketones is 1. The van der Waals surface area contributed by atoms with E-state index in [2.05, 4.69) is 26.1 Å². The molecule has 3 N–H and O–H groups in total. The minimum atomic E-state index is -1.06. The van der Waals surface area contributed by atoms with Gasteiger partial charge < -0.3 is 25.7 Å². The third-order valence-electron chi connectivity index (χ3n) is 9.11. The molecule has 0 radical (unpaired) electrons. The smallest absolute Gasteiger partial charge is 0.289 e. The number of benzene rings is 1.